The van der Waals surface area contributed by atoms with E-state index in [0.29, 0.717) is 36.4 Å². The Morgan fingerprint density at radius 1 is 1.33 bits per heavy atom. The number of hydrogen-bond acceptors (Lipinski definition) is 5. The van der Waals surface area contributed by atoms with Gasteiger partial charge in [-0.3, -0.25) is 4.79 Å². The van der Waals surface area contributed by atoms with Crippen LogP contribution in [-0.2, 0) is 11.4 Å². The molecule has 1 rings (SSSR count). The molecule has 1 N–H and O–H groups in total. The number of aliphatic hydroxyl groups excluding tert-OH is 1. The number of rotatable bonds is 9. The molecule has 0 saturated carbocycles. The normalized spacial score (nSPS) is 9.81. The fraction of sp³-hybridized carbons (Fsp3) is 0.500. The van der Waals surface area contributed by atoms with Crippen molar-refractivity contribution in [2.45, 2.75) is 32.3 Å². The zero-order chi connectivity index (χ0) is 15.5. The molecule has 0 spiro atoms. The van der Waals surface area contributed by atoms with E-state index >= 15 is 0 Å². The molecule has 0 fully saturated rings. The maximum Gasteiger partial charge on any atom is 0.311 e. The Balaban J connectivity index is 2.42. The quantitative estimate of drug-likeness (QED) is 0.189. The summed E-state index contributed by atoms with van der Waals surface area (Å²) in [7, 11) is 1.48. The summed E-state index contributed by atoms with van der Waals surface area (Å²) in [5, 5.41) is 12.5. The molecule has 0 aliphatic carbocycles. The van der Waals surface area contributed by atoms with Crippen molar-refractivity contribution >= 4 is 5.97 Å². The number of aliphatic hydroxyl groups is 1. The van der Waals surface area contributed by atoms with Crippen molar-refractivity contribution in [2.24, 2.45) is 5.11 Å². The molecule has 0 bridgehead atoms. The molecule has 0 atom stereocenters. The SMILES string of the molecule is COc1cc(CO)ccc1OC(=O)CCCCCN=[N+]=[N-]. The Kier molecular flexibility index (Phi) is 7.71. The van der Waals surface area contributed by atoms with Crippen molar-refractivity contribution in [3.05, 3.63) is 34.2 Å². The van der Waals surface area contributed by atoms with E-state index in [0.717, 1.165) is 12.8 Å². The summed E-state index contributed by atoms with van der Waals surface area (Å²) in [4.78, 5) is 14.4. The van der Waals surface area contributed by atoms with Gasteiger partial charge in [-0.2, -0.15) is 0 Å². The average Bonchev–Trinajstić information content (AvgIpc) is 2.51. The van der Waals surface area contributed by atoms with E-state index in [1.54, 1.807) is 18.2 Å². The summed E-state index contributed by atoms with van der Waals surface area (Å²) in [5.74, 6) is 0.417. The number of benzene rings is 1. The lowest BCUT2D eigenvalue weighted by molar-refractivity contribution is -0.134. The Morgan fingerprint density at radius 2 is 2.14 bits per heavy atom. The molecule has 114 valence electrons. The second-order valence-corrected chi connectivity index (χ2v) is 4.38. The minimum absolute atomic E-state index is 0.101. The lowest BCUT2D eigenvalue weighted by Gasteiger charge is -2.10. The van der Waals surface area contributed by atoms with Crippen LogP contribution in [0.4, 0.5) is 0 Å². The van der Waals surface area contributed by atoms with Crippen LogP contribution in [0.1, 0.15) is 31.2 Å². The van der Waals surface area contributed by atoms with E-state index in [-0.39, 0.29) is 12.6 Å². The van der Waals surface area contributed by atoms with Crippen molar-refractivity contribution in [2.75, 3.05) is 13.7 Å². The van der Waals surface area contributed by atoms with Gasteiger partial charge in [0.05, 0.1) is 13.7 Å². The average molecular weight is 293 g/mol. The van der Waals surface area contributed by atoms with Crippen molar-refractivity contribution in [1.29, 1.82) is 0 Å². The number of esters is 1. The molecule has 0 unspecified atom stereocenters. The second kappa shape index (κ2) is 9.63. The highest BCUT2D eigenvalue weighted by molar-refractivity contribution is 5.73. The second-order valence-electron chi connectivity index (χ2n) is 4.38. The first kappa shape index (κ1) is 16.8. The fourth-order valence-corrected chi connectivity index (χ4v) is 1.74. The van der Waals surface area contributed by atoms with Gasteiger partial charge in [-0.1, -0.05) is 17.6 Å². The van der Waals surface area contributed by atoms with Crippen molar-refractivity contribution in [3.63, 3.8) is 0 Å². The number of carbonyl (C=O) groups excluding carboxylic acids is 1. The van der Waals surface area contributed by atoms with Gasteiger partial charge in [-0.05, 0) is 36.1 Å². The molecule has 0 radical (unpaired) electrons. The zero-order valence-corrected chi connectivity index (χ0v) is 12.0. The van der Waals surface area contributed by atoms with E-state index in [2.05, 4.69) is 10.0 Å². The zero-order valence-electron chi connectivity index (χ0n) is 12.0. The van der Waals surface area contributed by atoms with Crippen molar-refractivity contribution in [1.82, 2.24) is 0 Å². The molecule has 0 aliphatic rings. The molecule has 7 nitrogen and oxygen atoms in total. The number of hydrogen-bond donors (Lipinski definition) is 1. The predicted octanol–water partition coefficient (Wildman–Crippen LogP) is 2.96. The van der Waals surface area contributed by atoms with Crippen LogP contribution in [0.15, 0.2) is 23.3 Å². The van der Waals surface area contributed by atoms with Gasteiger partial charge in [-0.25, -0.2) is 0 Å². The smallest absolute Gasteiger partial charge is 0.311 e. The molecule has 0 saturated heterocycles. The van der Waals surface area contributed by atoms with Gasteiger partial charge in [-0.15, -0.1) is 0 Å². The van der Waals surface area contributed by atoms with Gasteiger partial charge < -0.3 is 14.6 Å². The molecular weight excluding hydrogens is 274 g/mol. The van der Waals surface area contributed by atoms with Gasteiger partial charge in [0.15, 0.2) is 11.5 Å². The molecule has 0 aliphatic heterocycles. The summed E-state index contributed by atoms with van der Waals surface area (Å²) in [6.45, 7) is 0.345. The van der Waals surface area contributed by atoms with Crippen LogP contribution in [0.2, 0.25) is 0 Å². The van der Waals surface area contributed by atoms with Gasteiger partial charge >= 0.3 is 5.97 Å². The van der Waals surface area contributed by atoms with E-state index < -0.39 is 0 Å². The third kappa shape index (κ3) is 6.16. The van der Waals surface area contributed by atoms with Crippen LogP contribution in [0.3, 0.4) is 0 Å². The summed E-state index contributed by atoms with van der Waals surface area (Å²) in [6.07, 6.45) is 2.53. The summed E-state index contributed by atoms with van der Waals surface area (Å²) in [6, 6.07) is 4.90. The standard InChI is InChI=1S/C14H19N3O4/c1-20-13-9-11(10-18)6-7-12(13)21-14(19)5-3-2-4-8-16-17-15/h6-7,9,18H,2-5,8,10H2,1H3. The maximum atomic E-state index is 11.7. The summed E-state index contributed by atoms with van der Waals surface area (Å²) in [5.41, 5.74) is 8.80. The molecule has 0 amide bonds. The van der Waals surface area contributed by atoms with Crippen molar-refractivity contribution in [3.8, 4) is 11.5 Å². The van der Waals surface area contributed by atoms with Crippen LogP contribution in [0, 0.1) is 0 Å². The van der Waals surface area contributed by atoms with Crippen LogP contribution in [0.25, 0.3) is 10.4 Å². The lowest BCUT2D eigenvalue weighted by Crippen LogP contribution is -2.08. The maximum absolute atomic E-state index is 11.7. The Bertz CT molecular complexity index is 513. The van der Waals surface area contributed by atoms with E-state index in [9.17, 15) is 4.79 Å². The molecule has 1 aromatic rings. The Hall–Kier alpha value is -2.24. The van der Waals surface area contributed by atoms with Gasteiger partial charge in [0, 0.05) is 17.9 Å². The first-order chi connectivity index (χ1) is 10.2. The monoisotopic (exact) mass is 293 g/mol. The number of methoxy groups -OCH3 is 1. The first-order valence-corrected chi connectivity index (χ1v) is 6.70. The summed E-state index contributed by atoms with van der Waals surface area (Å²) < 4.78 is 10.4. The number of azide groups is 1. The number of nitrogens with zero attached hydrogens (tertiary/aromatic N) is 3. The fourth-order valence-electron chi connectivity index (χ4n) is 1.74. The highest BCUT2D eigenvalue weighted by atomic mass is 16.6. The van der Waals surface area contributed by atoms with Gasteiger partial charge in [0.25, 0.3) is 0 Å². The van der Waals surface area contributed by atoms with Crippen LogP contribution < -0.4 is 9.47 Å². The van der Waals surface area contributed by atoms with E-state index in [1.807, 2.05) is 0 Å². The lowest BCUT2D eigenvalue weighted by atomic mass is 10.2. The molecule has 0 heterocycles. The topological polar surface area (TPSA) is 105 Å². The third-order valence-electron chi connectivity index (χ3n) is 2.84. The molecule has 1 aromatic carbocycles. The number of unbranched alkanes of at least 4 members (excludes halogenated alkanes) is 2. The molecule has 7 heteroatoms. The molecule has 0 aromatic heterocycles. The minimum Gasteiger partial charge on any atom is -0.493 e. The van der Waals surface area contributed by atoms with Crippen LogP contribution >= 0.6 is 0 Å². The van der Waals surface area contributed by atoms with Crippen LogP contribution in [-0.4, -0.2) is 24.7 Å². The summed E-state index contributed by atoms with van der Waals surface area (Å²) >= 11 is 0. The highest BCUT2D eigenvalue weighted by Crippen LogP contribution is 2.28. The van der Waals surface area contributed by atoms with E-state index in [4.69, 9.17) is 20.1 Å². The number of ether oxygens (including phenoxy) is 2. The highest BCUT2D eigenvalue weighted by Gasteiger charge is 2.10. The largest absolute Gasteiger partial charge is 0.493 e. The Labute approximate surface area is 123 Å². The Morgan fingerprint density at radius 3 is 2.81 bits per heavy atom. The molecule has 21 heavy (non-hydrogen) atoms. The van der Waals surface area contributed by atoms with Gasteiger partial charge in [0.2, 0.25) is 0 Å². The van der Waals surface area contributed by atoms with E-state index in [1.165, 1.54) is 7.11 Å². The first-order valence-electron chi connectivity index (χ1n) is 6.70. The minimum atomic E-state index is -0.339. The van der Waals surface area contributed by atoms with Crippen molar-refractivity contribution < 1.29 is 19.4 Å². The third-order valence-corrected chi connectivity index (χ3v) is 2.84. The molecular formula is C14H19N3O4. The van der Waals surface area contributed by atoms with Crippen LogP contribution in [0.5, 0.6) is 11.5 Å². The van der Waals surface area contributed by atoms with Gasteiger partial charge in [0.1, 0.15) is 0 Å². The predicted molar refractivity (Wildman–Crippen MR) is 77.0 cm³/mol. The number of carbonyl (C=O) groups is 1.